The third-order valence-corrected chi connectivity index (χ3v) is 2.51. The topological polar surface area (TPSA) is 42.2 Å². The van der Waals surface area contributed by atoms with E-state index < -0.39 is 0 Å². The van der Waals surface area contributed by atoms with Gasteiger partial charge in [-0.15, -0.1) is 0 Å². The van der Waals surface area contributed by atoms with Crippen LogP contribution in [0.1, 0.15) is 27.4 Å². The lowest BCUT2D eigenvalue weighted by atomic mass is 10.1. The van der Waals surface area contributed by atoms with Gasteiger partial charge in [0, 0.05) is 16.6 Å². The minimum atomic E-state index is -0.123. The smallest absolute Gasteiger partial charge is 0.255 e. The Labute approximate surface area is 97.7 Å². The van der Waals surface area contributed by atoms with Crippen molar-refractivity contribution < 1.29 is 9.21 Å². The minimum Gasteiger partial charge on any atom is -0.466 e. The molecule has 1 aromatic rings. The quantitative estimate of drug-likeness (QED) is 0.919. The Bertz CT molecular complexity index is 407. The van der Waals surface area contributed by atoms with Gasteiger partial charge in [-0.25, -0.2) is 0 Å². The van der Waals surface area contributed by atoms with Gasteiger partial charge in [0.2, 0.25) is 0 Å². The lowest BCUT2D eigenvalue weighted by molar-refractivity contribution is 0.0956. The van der Waals surface area contributed by atoms with Crippen LogP contribution in [0.2, 0.25) is 0 Å². The molecule has 0 saturated carbocycles. The fraction of sp³-hybridized carbons (Fsp3) is 0.364. The number of nitrogens with one attached hydrogen (secondary N) is 1. The Kier molecular flexibility index (Phi) is 3.74. The average molecular weight is 272 g/mol. The van der Waals surface area contributed by atoms with E-state index in [1.807, 2.05) is 13.8 Å². The summed E-state index contributed by atoms with van der Waals surface area (Å²) in [7, 11) is 0. The maximum atomic E-state index is 11.8. The first-order valence-electron chi connectivity index (χ1n) is 4.61. The van der Waals surface area contributed by atoms with E-state index in [4.69, 9.17) is 4.42 Å². The van der Waals surface area contributed by atoms with Crippen LogP contribution in [0, 0.1) is 20.8 Å². The van der Waals surface area contributed by atoms with Gasteiger partial charge in [0.1, 0.15) is 11.5 Å². The third kappa shape index (κ3) is 2.72. The predicted molar refractivity (Wildman–Crippen MR) is 63.3 cm³/mol. The lowest BCUT2D eigenvalue weighted by Crippen LogP contribution is -2.25. The Balaban J connectivity index is 2.86. The molecule has 1 heterocycles. The van der Waals surface area contributed by atoms with Crippen LogP contribution < -0.4 is 5.32 Å². The molecule has 15 heavy (non-hydrogen) atoms. The molecule has 1 rings (SSSR count). The summed E-state index contributed by atoms with van der Waals surface area (Å²) in [6.07, 6.45) is 0. The Morgan fingerprint density at radius 2 is 2.00 bits per heavy atom. The van der Waals surface area contributed by atoms with Crippen molar-refractivity contribution in [3.63, 3.8) is 0 Å². The minimum absolute atomic E-state index is 0.123. The van der Waals surface area contributed by atoms with Crippen molar-refractivity contribution in [2.24, 2.45) is 0 Å². The van der Waals surface area contributed by atoms with Gasteiger partial charge in [0.05, 0.1) is 5.56 Å². The van der Waals surface area contributed by atoms with Gasteiger partial charge in [-0.3, -0.25) is 4.79 Å². The monoisotopic (exact) mass is 271 g/mol. The van der Waals surface area contributed by atoms with Gasteiger partial charge in [-0.2, -0.15) is 0 Å². The van der Waals surface area contributed by atoms with Crippen molar-refractivity contribution in [2.75, 3.05) is 6.54 Å². The molecule has 0 aromatic carbocycles. The van der Waals surface area contributed by atoms with Crippen LogP contribution in [0.4, 0.5) is 0 Å². The summed E-state index contributed by atoms with van der Waals surface area (Å²) in [4.78, 5) is 11.8. The first kappa shape index (κ1) is 12.0. The Hall–Kier alpha value is -1.03. The number of halogens is 1. The highest BCUT2D eigenvalue weighted by Crippen LogP contribution is 2.20. The van der Waals surface area contributed by atoms with Crippen molar-refractivity contribution in [1.82, 2.24) is 5.32 Å². The SMILES string of the molecule is C=C(Br)CNC(=O)c1c(C)oc(C)c1C. The molecular weight excluding hydrogens is 258 g/mol. The van der Waals surface area contributed by atoms with Crippen molar-refractivity contribution in [1.29, 1.82) is 0 Å². The molecule has 1 N–H and O–H groups in total. The molecule has 0 atom stereocenters. The second-order valence-electron chi connectivity index (χ2n) is 3.41. The average Bonchev–Trinajstić information content (AvgIpc) is 2.37. The van der Waals surface area contributed by atoms with Crippen LogP contribution in [0.3, 0.4) is 0 Å². The van der Waals surface area contributed by atoms with Crippen LogP contribution >= 0.6 is 15.9 Å². The second kappa shape index (κ2) is 4.66. The number of hydrogen-bond acceptors (Lipinski definition) is 2. The number of aryl methyl sites for hydroxylation is 2. The fourth-order valence-corrected chi connectivity index (χ4v) is 1.53. The second-order valence-corrected chi connectivity index (χ2v) is 4.54. The fourth-order valence-electron chi connectivity index (χ4n) is 1.39. The van der Waals surface area contributed by atoms with Crippen LogP contribution in [0.5, 0.6) is 0 Å². The third-order valence-electron chi connectivity index (χ3n) is 2.23. The molecule has 1 amide bonds. The molecular formula is C11H14BrNO2. The van der Waals surface area contributed by atoms with Crippen LogP contribution in [0.15, 0.2) is 15.5 Å². The van der Waals surface area contributed by atoms with Gasteiger partial charge >= 0.3 is 0 Å². The zero-order valence-corrected chi connectivity index (χ0v) is 10.7. The van der Waals surface area contributed by atoms with Crippen molar-refractivity contribution >= 4 is 21.8 Å². The molecule has 0 unspecified atom stereocenters. The molecule has 4 heteroatoms. The maximum absolute atomic E-state index is 11.8. The number of carbonyl (C=O) groups is 1. The number of hydrogen-bond donors (Lipinski definition) is 1. The van der Waals surface area contributed by atoms with E-state index in [0.717, 1.165) is 15.8 Å². The molecule has 3 nitrogen and oxygen atoms in total. The van der Waals surface area contributed by atoms with Gasteiger partial charge in [-0.1, -0.05) is 22.5 Å². The zero-order valence-electron chi connectivity index (χ0n) is 9.11. The van der Waals surface area contributed by atoms with Gasteiger partial charge in [-0.05, 0) is 20.8 Å². The van der Waals surface area contributed by atoms with Crippen molar-refractivity contribution in [3.05, 3.63) is 33.7 Å². The summed E-state index contributed by atoms with van der Waals surface area (Å²) in [5, 5.41) is 2.75. The Morgan fingerprint density at radius 3 is 2.40 bits per heavy atom. The lowest BCUT2D eigenvalue weighted by Gasteiger charge is -2.03. The van der Waals surface area contributed by atoms with Crippen molar-refractivity contribution in [3.8, 4) is 0 Å². The molecule has 82 valence electrons. The van der Waals surface area contributed by atoms with E-state index in [2.05, 4.69) is 27.8 Å². The van der Waals surface area contributed by atoms with E-state index in [1.165, 1.54) is 0 Å². The number of carbonyl (C=O) groups excluding carboxylic acids is 1. The zero-order chi connectivity index (χ0) is 11.6. The number of amides is 1. The molecule has 0 fully saturated rings. The highest BCUT2D eigenvalue weighted by atomic mass is 79.9. The normalized spacial score (nSPS) is 10.1. The predicted octanol–water partition coefficient (Wildman–Crippen LogP) is 2.84. The van der Waals surface area contributed by atoms with E-state index in [9.17, 15) is 4.79 Å². The van der Waals surface area contributed by atoms with E-state index >= 15 is 0 Å². The van der Waals surface area contributed by atoms with Gasteiger partial charge in [0.15, 0.2) is 0 Å². The van der Waals surface area contributed by atoms with Gasteiger partial charge in [0.25, 0.3) is 5.91 Å². The largest absolute Gasteiger partial charge is 0.466 e. The van der Waals surface area contributed by atoms with Gasteiger partial charge < -0.3 is 9.73 Å². The van der Waals surface area contributed by atoms with E-state index in [-0.39, 0.29) is 5.91 Å². The van der Waals surface area contributed by atoms with Crippen LogP contribution in [-0.2, 0) is 0 Å². The summed E-state index contributed by atoms with van der Waals surface area (Å²) < 4.78 is 6.12. The highest BCUT2D eigenvalue weighted by Gasteiger charge is 2.17. The summed E-state index contributed by atoms with van der Waals surface area (Å²) in [5.74, 6) is 1.32. The first-order chi connectivity index (χ1) is 6.93. The molecule has 1 aromatic heterocycles. The molecule has 0 bridgehead atoms. The van der Waals surface area contributed by atoms with E-state index in [0.29, 0.717) is 17.9 Å². The summed E-state index contributed by atoms with van der Waals surface area (Å²) in [5.41, 5.74) is 1.52. The first-order valence-corrected chi connectivity index (χ1v) is 5.41. The van der Waals surface area contributed by atoms with Crippen LogP contribution in [0.25, 0.3) is 0 Å². The maximum Gasteiger partial charge on any atom is 0.255 e. The van der Waals surface area contributed by atoms with E-state index in [1.54, 1.807) is 6.92 Å². The standard InChI is InChI=1S/C11H14BrNO2/c1-6(12)5-13-11(14)10-7(2)8(3)15-9(10)4/h1,5H2,2-4H3,(H,13,14). The molecule has 0 aliphatic carbocycles. The summed E-state index contributed by atoms with van der Waals surface area (Å²) in [6.45, 7) is 9.59. The molecule has 0 aliphatic heterocycles. The van der Waals surface area contributed by atoms with Crippen molar-refractivity contribution in [2.45, 2.75) is 20.8 Å². The van der Waals surface area contributed by atoms with Crippen LogP contribution in [-0.4, -0.2) is 12.5 Å². The summed E-state index contributed by atoms with van der Waals surface area (Å²) >= 11 is 3.19. The molecule has 0 saturated heterocycles. The number of rotatable bonds is 3. The molecule has 0 aliphatic rings. The summed E-state index contributed by atoms with van der Waals surface area (Å²) in [6, 6.07) is 0. The highest BCUT2D eigenvalue weighted by molar-refractivity contribution is 9.11. The Morgan fingerprint density at radius 1 is 1.40 bits per heavy atom. The molecule has 0 radical (unpaired) electrons. The molecule has 0 spiro atoms. The number of furan rings is 1.